The first kappa shape index (κ1) is 12.5. The molecule has 33 heavy (non-hydrogen) atoms. The fourth-order valence-corrected chi connectivity index (χ4v) is 2.84. The van der Waals surface area contributed by atoms with Crippen LogP contribution in [0.4, 0.5) is 15.8 Å². The van der Waals surface area contributed by atoms with E-state index in [1.54, 1.807) is 6.07 Å². The molecule has 0 bridgehead atoms. The largest absolute Gasteiger partial charge is 0.494 e. The fraction of sp³-hybridized carbons (Fsp3) is 0.269. The van der Waals surface area contributed by atoms with Crippen molar-refractivity contribution in [3.63, 3.8) is 0 Å². The number of hydrogen-bond acceptors (Lipinski definition) is 6. The van der Waals surface area contributed by atoms with Gasteiger partial charge in [0.2, 0.25) is 0 Å². The van der Waals surface area contributed by atoms with Gasteiger partial charge in [0.05, 0.1) is 32.9 Å². The van der Waals surface area contributed by atoms with E-state index in [2.05, 4.69) is 10.3 Å². The lowest BCUT2D eigenvalue weighted by Crippen LogP contribution is -2.11. The van der Waals surface area contributed by atoms with Crippen molar-refractivity contribution in [1.29, 1.82) is 5.26 Å². The highest BCUT2D eigenvalue weighted by Gasteiger charge is 2.16. The summed E-state index contributed by atoms with van der Waals surface area (Å²) in [7, 11) is 0.837. The smallest absolute Gasteiger partial charge is 0.159 e. The first-order valence-electron chi connectivity index (χ1n) is 15.6. The fourth-order valence-electron chi connectivity index (χ4n) is 2.84. The Morgan fingerprint density at radius 3 is 3.03 bits per heavy atom. The monoisotopic (exact) mass is 458 g/mol. The zero-order valence-electron chi connectivity index (χ0n) is 30.0. The van der Waals surface area contributed by atoms with E-state index >= 15 is 0 Å². The number of likely N-dealkylation sites (N-methyl/N-ethyl adjacent to an activating group) is 1. The van der Waals surface area contributed by atoms with Crippen molar-refractivity contribution < 1.29 is 30.4 Å². The maximum atomic E-state index is 13.9. The number of ether oxygens (including phenoxy) is 1. The lowest BCUT2D eigenvalue weighted by Gasteiger charge is -2.15. The summed E-state index contributed by atoms with van der Waals surface area (Å²) in [6, 6.07) is 1.72. The molecule has 1 aromatic heterocycles. The van der Waals surface area contributed by atoms with E-state index in [9.17, 15) is 14.4 Å². The number of hydrogen-bond donors (Lipinski definition) is 1. The predicted octanol–water partition coefficient (Wildman–Crippen LogP) is 4.93. The molecular formula is C26H27FN4O2. The van der Waals surface area contributed by atoms with Gasteiger partial charge < -0.3 is 15.0 Å². The molecule has 0 fully saturated rings. The van der Waals surface area contributed by atoms with E-state index in [-0.39, 0.29) is 38.3 Å². The number of anilines is 2. The molecule has 0 spiro atoms. The van der Waals surface area contributed by atoms with E-state index in [0.29, 0.717) is 0 Å². The second-order valence-electron chi connectivity index (χ2n) is 6.78. The summed E-state index contributed by atoms with van der Waals surface area (Å²) in [4.78, 5) is 17.4. The van der Waals surface area contributed by atoms with Gasteiger partial charge in [-0.2, -0.15) is 5.26 Å². The average molecular weight is 459 g/mol. The number of rotatable bonds is 9. The second-order valence-corrected chi connectivity index (χ2v) is 6.78. The molecule has 0 aliphatic rings. The number of carbonyl (C=O) groups is 1. The summed E-state index contributed by atoms with van der Waals surface area (Å²) in [6.45, 7) is -6.19. The molecule has 1 N–H and O–H groups in total. The maximum absolute atomic E-state index is 13.9. The first-order chi connectivity index (χ1) is 20.5. The van der Waals surface area contributed by atoms with Gasteiger partial charge in [0, 0.05) is 48.6 Å². The molecule has 0 radical (unpaired) electrons. The van der Waals surface area contributed by atoms with E-state index in [0.717, 1.165) is 20.0 Å². The summed E-state index contributed by atoms with van der Waals surface area (Å²) >= 11 is 0. The molecule has 2 aromatic carbocycles. The number of nitrogens with one attached hydrogen (secondary N) is 1. The summed E-state index contributed by atoms with van der Waals surface area (Å²) in [6.07, 6.45) is -1.63. The zero-order chi connectivity index (χ0) is 34.4. The van der Waals surface area contributed by atoms with Crippen LogP contribution in [0.25, 0.3) is 10.9 Å². The molecule has 6 nitrogen and oxygen atoms in total. The number of fused-ring (bicyclic) bond motifs is 1. The Bertz CT molecular complexity index is 1760. The molecule has 170 valence electrons. The van der Waals surface area contributed by atoms with Gasteiger partial charge in [-0.05, 0) is 63.7 Å². The lowest BCUT2D eigenvalue weighted by atomic mass is 10.0. The molecule has 7 heteroatoms. The Morgan fingerprint density at radius 2 is 2.33 bits per heavy atom. The van der Waals surface area contributed by atoms with Crippen LogP contribution < -0.4 is 10.1 Å². The highest BCUT2D eigenvalue weighted by Crippen LogP contribution is 2.34. The lowest BCUT2D eigenvalue weighted by molar-refractivity contribution is -0.114. The van der Waals surface area contributed by atoms with E-state index in [4.69, 9.17) is 21.2 Å². The number of pyridine rings is 1. The van der Waals surface area contributed by atoms with Gasteiger partial charge >= 0.3 is 0 Å². The number of carbonyl (C=O) groups excluding carboxylic acids is 1. The van der Waals surface area contributed by atoms with Crippen LogP contribution in [0.2, 0.25) is 0 Å². The SMILES string of the molecule is [2H]/C(C(=O)Cc1c(OC([2H])([2H])C)c([2H])c2nc([2H])c(C#N)c(Nc3ccc(F)c(C)c3)c2c1[2H])=C(/[2H])C([2H])([2H])N(C)C([2H])([2H])[2H]. The molecule has 0 saturated carbocycles. The number of nitrogens with zero attached hydrogens (tertiary/aromatic N) is 3. The normalized spacial score (nSPS) is 18.3. The number of nitriles is 1. The minimum atomic E-state index is -3.10. The van der Waals surface area contributed by atoms with Crippen molar-refractivity contribution in [1.82, 2.24) is 9.88 Å². The number of aromatic nitrogens is 1. The molecule has 0 amide bonds. The van der Waals surface area contributed by atoms with Gasteiger partial charge in [-0.1, -0.05) is 6.05 Å². The van der Waals surface area contributed by atoms with Crippen LogP contribution in [0.5, 0.6) is 5.75 Å². The zero-order valence-corrected chi connectivity index (χ0v) is 18.0. The molecular weight excluding hydrogens is 419 g/mol. The Balaban J connectivity index is 2.35. The van der Waals surface area contributed by atoms with Crippen LogP contribution in [0.1, 0.15) is 40.1 Å². The maximum Gasteiger partial charge on any atom is 0.159 e. The molecule has 1 heterocycles. The molecule has 0 saturated heterocycles. The van der Waals surface area contributed by atoms with Crippen molar-refractivity contribution >= 4 is 28.1 Å². The van der Waals surface area contributed by atoms with E-state index in [1.165, 1.54) is 19.1 Å². The third-order valence-corrected chi connectivity index (χ3v) is 4.30. The van der Waals surface area contributed by atoms with Crippen LogP contribution >= 0.6 is 0 Å². The molecule has 3 rings (SSSR count). The van der Waals surface area contributed by atoms with Gasteiger partial charge in [0.15, 0.2) is 5.78 Å². The van der Waals surface area contributed by atoms with Crippen LogP contribution in [0.15, 0.2) is 48.6 Å². The number of aryl methyl sites for hydroxylation is 1. The summed E-state index contributed by atoms with van der Waals surface area (Å²) in [5.74, 6) is -2.50. The molecule has 3 aromatic rings. The number of ketones is 1. The summed E-state index contributed by atoms with van der Waals surface area (Å²) in [5, 5.41) is 12.4. The van der Waals surface area contributed by atoms with Gasteiger partial charge in [-0.15, -0.1) is 0 Å². The Morgan fingerprint density at radius 1 is 1.52 bits per heavy atom. The molecule has 0 unspecified atom stereocenters. The predicted molar refractivity (Wildman–Crippen MR) is 128 cm³/mol. The Hall–Kier alpha value is -3.76. The average Bonchev–Trinajstić information content (AvgIpc) is 2.92. The highest BCUT2D eigenvalue weighted by molar-refractivity contribution is 5.98. The van der Waals surface area contributed by atoms with Crippen LogP contribution in [0, 0.1) is 24.1 Å². The summed E-state index contributed by atoms with van der Waals surface area (Å²) < 4.78 is 116. The van der Waals surface area contributed by atoms with Gasteiger partial charge in [0.1, 0.15) is 17.6 Å². The summed E-state index contributed by atoms with van der Waals surface area (Å²) in [5.41, 5.74) is -1.04. The third kappa shape index (κ3) is 5.93. The number of halogens is 1. The van der Waals surface area contributed by atoms with Gasteiger partial charge in [0.25, 0.3) is 0 Å². The Kier molecular flexibility index (Phi) is 4.05. The Labute approximate surface area is 210 Å². The van der Waals surface area contributed by atoms with E-state index in [1.807, 2.05) is 0 Å². The molecule has 0 aliphatic carbocycles. The molecule has 0 atom stereocenters. The van der Waals surface area contributed by atoms with Crippen molar-refractivity contribution in [3.8, 4) is 11.8 Å². The van der Waals surface area contributed by atoms with Crippen LogP contribution in [-0.4, -0.2) is 42.7 Å². The topological polar surface area (TPSA) is 78.2 Å². The minimum absolute atomic E-state index is 0.181. The number of benzene rings is 2. The van der Waals surface area contributed by atoms with Crippen LogP contribution in [-0.2, 0) is 11.2 Å². The van der Waals surface area contributed by atoms with Crippen LogP contribution in [0.3, 0.4) is 0 Å². The van der Waals surface area contributed by atoms with Gasteiger partial charge in [-0.3, -0.25) is 9.78 Å². The number of allylic oxidation sites excluding steroid dienone is 1. The van der Waals surface area contributed by atoms with Crippen molar-refractivity contribution in [2.45, 2.75) is 20.3 Å². The quantitative estimate of drug-likeness (QED) is 0.458. The standard InChI is InChI=1S/C26H27FN4O2/c1-5-33-25-14-24-22(13-18(25)12-21(32)7-6-10-31(3)4)26(19(15-28)16-29-24)30-20-8-9-23(27)17(2)11-20/h6-9,11,13-14,16H,5,10,12H2,1-4H3,(H,29,30)/b7-6+/i3D3,5D2,6D,7D,10D2,13D,14D,16D. The minimum Gasteiger partial charge on any atom is -0.494 e. The van der Waals surface area contributed by atoms with Crippen molar-refractivity contribution in [3.05, 3.63) is 71.1 Å². The first-order valence-corrected chi connectivity index (χ1v) is 9.56. The third-order valence-electron chi connectivity index (χ3n) is 4.30. The second kappa shape index (κ2) is 10.7. The van der Waals surface area contributed by atoms with E-state index < -0.39 is 79.7 Å². The van der Waals surface area contributed by atoms with Gasteiger partial charge in [-0.25, -0.2) is 4.39 Å². The van der Waals surface area contributed by atoms with Crippen molar-refractivity contribution in [2.75, 3.05) is 32.4 Å². The highest BCUT2D eigenvalue weighted by atomic mass is 19.1. The van der Waals surface area contributed by atoms with Crippen molar-refractivity contribution in [2.24, 2.45) is 0 Å². The molecule has 0 aliphatic heterocycles.